The summed E-state index contributed by atoms with van der Waals surface area (Å²) in [5, 5.41) is 17.4. The fourth-order valence-corrected chi connectivity index (χ4v) is 3.88. The maximum absolute atomic E-state index is 4.64. The van der Waals surface area contributed by atoms with E-state index < -0.39 is 0 Å². The molecule has 0 fully saturated rings. The van der Waals surface area contributed by atoms with E-state index in [4.69, 9.17) is 0 Å². The zero-order chi connectivity index (χ0) is 19.9. The average Bonchev–Trinajstić information content (AvgIpc) is 2.82. The van der Waals surface area contributed by atoms with Gasteiger partial charge in [0.2, 0.25) is 0 Å². The van der Waals surface area contributed by atoms with Gasteiger partial charge in [0.15, 0.2) is 11.6 Å². The van der Waals surface area contributed by atoms with Crippen LogP contribution in [-0.4, -0.2) is 10.0 Å². The first-order valence-electron chi connectivity index (χ1n) is 9.78. The Morgan fingerprint density at radius 3 is 1.33 bits per heavy atom. The van der Waals surface area contributed by atoms with Gasteiger partial charge in [-0.1, -0.05) is 36.4 Å². The minimum Gasteiger partial charge on any atom is -0.255 e. The zero-order valence-electron chi connectivity index (χ0n) is 16.1. The third-order valence-electron chi connectivity index (χ3n) is 5.26. The van der Waals surface area contributed by atoms with Gasteiger partial charge in [0.25, 0.3) is 0 Å². The van der Waals surface area contributed by atoms with Crippen LogP contribution in [0.1, 0.15) is 11.1 Å². The van der Waals surface area contributed by atoms with Crippen molar-refractivity contribution in [2.45, 2.75) is 0 Å². The monoisotopic (exact) mass is 390 g/mol. The number of benzene rings is 2. The molecule has 30 heavy (non-hydrogen) atoms. The van der Waals surface area contributed by atoms with Crippen LogP contribution in [0, 0.1) is 0 Å². The van der Waals surface area contributed by atoms with E-state index in [1.165, 1.54) is 0 Å². The van der Waals surface area contributed by atoms with Crippen LogP contribution < -0.4 is 10.0 Å². The van der Waals surface area contributed by atoms with E-state index in [0.717, 1.165) is 34.1 Å². The van der Waals surface area contributed by atoms with E-state index in [1.54, 1.807) is 0 Å². The van der Waals surface area contributed by atoms with Gasteiger partial charge >= 0.3 is 0 Å². The van der Waals surface area contributed by atoms with E-state index in [-0.39, 0.29) is 0 Å². The minimum absolute atomic E-state index is 0.747. The summed E-state index contributed by atoms with van der Waals surface area (Å²) in [4.78, 5) is 0. The van der Waals surface area contributed by atoms with E-state index >= 15 is 0 Å². The van der Waals surface area contributed by atoms with Crippen LogP contribution in [0.2, 0.25) is 0 Å². The van der Waals surface area contributed by atoms with Gasteiger partial charge in [-0.05, 0) is 48.6 Å². The predicted octanol–water partition coefficient (Wildman–Crippen LogP) is 5.59. The quantitative estimate of drug-likeness (QED) is 0.627. The van der Waals surface area contributed by atoms with Crippen molar-refractivity contribution in [3.8, 4) is 0 Å². The van der Waals surface area contributed by atoms with Crippen LogP contribution in [0.15, 0.2) is 120 Å². The second kappa shape index (κ2) is 6.63. The van der Waals surface area contributed by atoms with Gasteiger partial charge in [0, 0.05) is 35.9 Å². The second-order valence-electron chi connectivity index (χ2n) is 7.07. The van der Waals surface area contributed by atoms with Crippen LogP contribution in [0.4, 0.5) is 11.4 Å². The Kier molecular flexibility index (Phi) is 3.67. The lowest BCUT2D eigenvalue weighted by atomic mass is 10.1. The summed E-state index contributed by atoms with van der Waals surface area (Å²) in [5.41, 5.74) is 4.43. The summed E-state index contributed by atoms with van der Waals surface area (Å²) < 4.78 is 0. The molecule has 0 N–H and O–H groups in total. The number of fused-ring (bicyclic) bond motifs is 6. The number of rotatable bonds is 2. The van der Waals surface area contributed by atoms with Crippen LogP contribution in [0.3, 0.4) is 0 Å². The molecular weight excluding hydrogens is 372 g/mol. The Bertz CT molecular complexity index is 1130. The van der Waals surface area contributed by atoms with Crippen molar-refractivity contribution in [3.05, 3.63) is 120 Å². The summed E-state index contributed by atoms with van der Waals surface area (Å²) in [6, 6.07) is 16.5. The highest BCUT2D eigenvalue weighted by Gasteiger charge is 2.26. The Balaban J connectivity index is 1.41. The fraction of sp³-hybridized carbons (Fsp3) is 0. The molecule has 2 aromatic rings. The van der Waals surface area contributed by atoms with Crippen molar-refractivity contribution >= 4 is 23.5 Å². The fourth-order valence-electron chi connectivity index (χ4n) is 3.88. The predicted molar refractivity (Wildman–Crippen MR) is 119 cm³/mol. The lowest BCUT2D eigenvalue weighted by Crippen LogP contribution is -2.38. The van der Waals surface area contributed by atoms with Gasteiger partial charge in [-0.25, -0.2) is 10.0 Å². The van der Waals surface area contributed by atoms with E-state index in [1.807, 2.05) is 83.4 Å². The average molecular weight is 390 g/mol. The summed E-state index contributed by atoms with van der Waals surface area (Å²) in [5.74, 6) is 1.49. The van der Waals surface area contributed by atoms with E-state index in [9.17, 15) is 0 Å². The number of azo groups is 1. The molecule has 4 heterocycles. The first-order valence-corrected chi connectivity index (χ1v) is 9.78. The number of para-hydroxylation sites is 2. The van der Waals surface area contributed by atoms with Gasteiger partial charge in [-0.2, -0.15) is 0 Å². The molecule has 6 rings (SSSR count). The van der Waals surface area contributed by atoms with Crippen molar-refractivity contribution < 1.29 is 0 Å². The summed E-state index contributed by atoms with van der Waals surface area (Å²) in [6.07, 6.45) is 20.1. The summed E-state index contributed by atoms with van der Waals surface area (Å²) >= 11 is 0. The van der Waals surface area contributed by atoms with Crippen molar-refractivity contribution in [2.24, 2.45) is 10.2 Å². The molecule has 2 aromatic carbocycles. The molecule has 0 aromatic heterocycles. The molecule has 4 aliphatic heterocycles. The third-order valence-corrected chi connectivity index (χ3v) is 5.26. The van der Waals surface area contributed by atoms with Gasteiger partial charge < -0.3 is 0 Å². The van der Waals surface area contributed by atoms with Gasteiger partial charge in [0.1, 0.15) is 0 Å². The molecule has 0 aliphatic carbocycles. The largest absolute Gasteiger partial charge is 0.255 e. The minimum atomic E-state index is 0.747. The number of hydrogen-bond acceptors (Lipinski definition) is 6. The third kappa shape index (κ3) is 2.58. The molecule has 0 saturated heterocycles. The Labute approximate surface area is 174 Å². The number of hydrogen-bond donors (Lipinski definition) is 0. The lowest BCUT2D eigenvalue weighted by molar-refractivity contribution is 0.433. The molecule has 0 unspecified atom stereocenters. The normalized spacial score (nSPS) is 18.1. The van der Waals surface area contributed by atoms with Gasteiger partial charge in [0.05, 0.1) is 11.4 Å². The smallest absolute Gasteiger partial charge is 0.175 e. The first-order chi connectivity index (χ1) is 14.9. The zero-order valence-corrected chi connectivity index (χ0v) is 16.1. The summed E-state index contributed by atoms with van der Waals surface area (Å²) in [7, 11) is 0. The maximum atomic E-state index is 4.64. The van der Waals surface area contributed by atoms with Crippen molar-refractivity contribution in [1.82, 2.24) is 10.0 Å². The summed E-state index contributed by atoms with van der Waals surface area (Å²) in [6.45, 7) is 0. The van der Waals surface area contributed by atoms with E-state index in [2.05, 4.69) is 56.7 Å². The molecule has 6 heteroatoms. The van der Waals surface area contributed by atoms with Crippen LogP contribution in [0.25, 0.3) is 12.2 Å². The maximum Gasteiger partial charge on any atom is 0.175 e. The number of hydrazine groups is 2. The number of nitrogens with zero attached hydrogens (tertiary/aromatic N) is 6. The van der Waals surface area contributed by atoms with Crippen molar-refractivity contribution in [2.75, 3.05) is 10.0 Å². The van der Waals surface area contributed by atoms with Gasteiger partial charge in [-0.3, -0.25) is 10.0 Å². The highest BCUT2D eigenvalue weighted by atomic mass is 15.7. The van der Waals surface area contributed by atoms with E-state index in [0.29, 0.717) is 0 Å². The van der Waals surface area contributed by atoms with Crippen molar-refractivity contribution in [1.29, 1.82) is 0 Å². The molecule has 0 saturated carbocycles. The van der Waals surface area contributed by atoms with Crippen molar-refractivity contribution in [3.63, 3.8) is 0 Å². The number of allylic oxidation sites excluding steroid dienone is 4. The SMILES string of the molecule is C1=CN2C(N=NC3=Cc4ccccc4N4C=CC=CN34)=Cc3ccccc3N2C=C1. The van der Waals surface area contributed by atoms with Crippen LogP contribution in [0.5, 0.6) is 0 Å². The highest BCUT2D eigenvalue weighted by molar-refractivity contribution is 5.74. The number of anilines is 2. The molecule has 144 valence electrons. The molecule has 0 amide bonds. The molecule has 0 spiro atoms. The Hall–Kier alpha value is -4.32. The molecule has 0 bridgehead atoms. The molecule has 6 nitrogen and oxygen atoms in total. The molecule has 0 atom stereocenters. The topological polar surface area (TPSA) is 37.7 Å². The highest BCUT2D eigenvalue weighted by Crippen LogP contribution is 2.36. The molecule has 4 aliphatic rings. The Morgan fingerprint density at radius 2 is 0.867 bits per heavy atom. The molecular formula is C24H18N6. The van der Waals surface area contributed by atoms with Crippen LogP contribution in [-0.2, 0) is 0 Å². The van der Waals surface area contributed by atoms with Gasteiger partial charge in [-0.15, -0.1) is 10.2 Å². The standard InChI is InChI=1S/C24H18N6/c1-3-11-21-19(9-1)17-23(29-15-7-5-13-27(21)29)25-26-24-18-20-10-2-4-12-22(20)28-14-6-8-16-30(24)28/h1-18H. The second-order valence-corrected chi connectivity index (χ2v) is 7.07. The first kappa shape index (κ1) is 16.6. The lowest BCUT2D eigenvalue weighted by Gasteiger charge is -2.39. The Morgan fingerprint density at radius 1 is 0.467 bits per heavy atom. The molecule has 0 radical (unpaired) electrons. The van der Waals surface area contributed by atoms with Crippen LogP contribution >= 0.6 is 0 Å².